The predicted molar refractivity (Wildman–Crippen MR) is 76.4 cm³/mol. The van der Waals surface area contributed by atoms with Gasteiger partial charge in [0.2, 0.25) is 0 Å². The number of nitrogens with one attached hydrogen (secondary N) is 1. The van der Waals surface area contributed by atoms with E-state index in [1.807, 2.05) is 25.1 Å². The highest BCUT2D eigenvalue weighted by molar-refractivity contribution is 9.10. The molecule has 0 aliphatic heterocycles. The molecular formula is C13H19BrClNO. The third kappa shape index (κ3) is 5.38. The van der Waals surface area contributed by atoms with Crippen LogP contribution in [0.4, 0.5) is 0 Å². The maximum absolute atomic E-state index is 10.0. The van der Waals surface area contributed by atoms with Gasteiger partial charge in [0.25, 0.3) is 0 Å². The van der Waals surface area contributed by atoms with Crippen LogP contribution in [0.1, 0.15) is 32.3 Å². The van der Waals surface area contributed by atoms with Crippen LogP contribution in [0.3, 0.4) is 0 Å². The summed E-state index contributed by atoms with van der Waals surface area (Å²) in [7, 11) is 0. The number of hydrogen-bond acceptors (Lipinski definition) is 2. The monoisotopic (exact) mass is 319 g/mol. The summed E-state index contributed by atoms with van der Waals surface area (Å²) < 4.78 is 0.993. The van der Waals surface area contributed by atoms with E-state index in [0.717, 1.165) is 34.4 Å². The average molecular weight is 321 g/mol. The molecule has 1 unspecified atom stereocenters. The van der Waals surface area contributed by atoms with Gasteiger partial charge in [0.1, 0.15) is 0 Å². The topological polar surface area (TPSA) is 32.3 Å². The van der Waals surface area contributed by atoms with Crippen molar-refractivity contribution >= 4 is 27.5 Å². The molecular weight excluding hydrogens is 302 g/mol. The van der Waals surface area contributed by atoms with Gasteiger partial charge in [0, 0.05) is 22.6 Å². The minimum absolute atomic E-state index is 0.593. The summed E-state index contributed by atoms with van der Waals surface area (Å²) in [6.45, 7) is 5.25. The molecule has 0 bridgehead atoms. The zero-order valence-corrected chi connectivity index (χ0v) is 12.6. The summed E-state index contributed by atoms with van der Waals surface area (Å²) in [4.78, 5) is 0. The first-order chi connectivity index (χ1) is 7.94. The van der Waals surface area contributed by atoms with Gasteiger partial charge in [-0.1, -0.05) is 46.9 Å². The van der Waals surface area contributed by atoms with E-state index < -0.39 is 5.60 Å². The summed E-state index contributed by atoms with van der Waals surface area (Å²) in [5, 5.41) is 14.0. The Kier molecular flexibility index (Phi) is 5.93. The summed E-state index contributed by atoms with van der Waals surface area (Å²) in [6.07, 6.45) is 1.79. The summed E-state index contributed by atoms with van der Waals surface area (Å²) in [5.41, 5.74) is 0.509. The number of aliphatic hydroxyl groups is 1. The second-order valence-corrected chi connectivity index (χ2v) is 5.88. The van der Waals surface area contributed by atoms with Gasteiger partial charge in [-0.3, -0.25) is 0 Å². The second-order valence-electron chi connectivity index (χ2n) is 4.59. The molecule has 0 saturated carbocycles. The molecule has 0 aromatic heterocycles. The first kappa shape index (κ1) is 15.0. The highest BCUT2D eigenvalue weighted by Gasteiger charge is 2.18. The van der Waals surface area contributed by atoms with Crippen LogP contribution in [-0.2, 0) is 6.54 Å². The summed E-state index contributed by atoms with van der Waals surface area (Å²) >= 11 is 9.35. The van der Waals surface area contributed by atoms with Gasteiger partial charge in [-0.25, -0.2) is 0 Å². The van der Waals surface area contributed by atoms with E-state index in [2.05, 4.69) is 28.2 Å². The largest absolute Gasteiger partial charge is 0.389 e. The fourth-order valence-corrected chi connectivity index (χ4v) is 2.58. The van der Waals surface area contributed by atoms with Crippen LogP contribution in [0.2, 0.25) is 5.02 Å². The summed E-state index contributed by atoms with van der Waals surface area (Å²) in [6, 6.07) is 5.73. The Morgan fingerprint density at radius 3 is 2.76 bits per heavy atom. The molecule has 4 heteroatoms. The zero-order chi connectivity index (χ0) is 12.9. The van der Waals surface area contributed by atoms with E-state index in [1.54, 1.807) is 0 Å². The Morgan fingerprint density at radius 2 is 2.18 bits per heavy atom. The van der Waals surface area contributed by atoms with Gasteiger partial charge < -0.3 is 10.4 Å². The van der Waals surface area contributed by atoms with E-state index in [0.29, 0.717) is 6.54 Å². The third-order valence-corrected chi connectivity index (χ3v) is 3.60. The Bertz CT molecular complexity index is 368. The van der Waals surface area contributed by atoms with Crippen LogP contribution in [-0.4, -0.2) is 17.3 Å². The van der Waals surface area contributed by atoms with Crippen molar-refractivity contribution in [3.8, 4) is 0 Å². The standard InChI is InChI=1S/C13H19BrClNO/c1-3-6-13(2,17)9-16-8-10-4-5-11(15)7-12(10)14/h4-5,7,16-17H,3,6,8-9H2,1-2H3. The van der Waals surface area contributed by atoms with Crippen LogP contribution in [0.5, 0.6) is 0 Å². The molecule has 0 spiro atoms. The Balaban J connectivity index is 2.46. The number of halogens is 2. The van der Waals surface area contributed by atoms with Crippen molar-refractivity contribution in [3.05, 3.63) is 33.3 Å². The van der Waals surface area contributed by atoms with Gasteiger partial charge in [-0.2, -0.15) is 0 Å². The maximum atomic E-state index is 10.0. The van der Waals surface area contributed by atoms with E-state index in [4.69, 9.17) is 11.6 Å². The molecule has 0 amide bonds. The molecule has 0 radical (unpaired) electrons. The average Bonchev–Trinajstić information content (AvgIpc) is 2.21. The van der Waals surface area contributed by atoms with Gasteiger partial charge in [0.05, 0.1) is 5.60 Å². The fraction of sp³-hybridized carbons (Fsp3) is 0.538. The van der Waals surface area contributed by atoms with Crippen molar-refractivity contribution < 1.29 is 5.11 Å². The van der Waals surface area contributed by atoms with Gasteiger partial charge in [-0.15, -0.1) is 0 Å². The lowest BCUT2D eigenvalue weighted by Gasteiger charge is -2.23. The van der Waals surface area contributed by atoms with Crippen LogP contribution in [0.25, 0.3) is 0 Å². The highest BCUT2D eigenvalue weighted by Crippen LogP contribution is 2.21. The van der Waals surface area contributed by atoms with Crippen LogP contribution >= 0.6 is 27.5 Å². The van der Waals surface area contributed by atoms with Crippen molar-refractivity contribution in [2.24, 2.45) is 0 Å². The molecule has 1 aromatic rings. The normalized spacial score (nSPS) is 14.6. The van der Waals surface area contributed by atoms with Crippen LogP contribution < -0.4 is 5.32 Å². The fourth-order valence-electron chi connectivity index (χ4n) is 1.76. The molecule has 0 heterocycles. The first-order valence-electron chi connectivity index (χ1n) is 5.81. The quantitative estimate of drug-likeness (QED) is 0.837. The molecule has 1 rings (SSSR count). The highest BCUT2D eigenvalue weighted by atomic mass is 79.9. The van der Waals surface area contributed by atoms with Gasteiger partial charge >= 0.3 is 0 Å². The van der Waals surface area contributed by atoms with E-state index in [-0.39, 0.29) is 0 Å². The van der Waals surface area contributed by atoms with Gasteiger partial charge in [-0.05, 0) is 31.0 Å². The van der Waals surface area contributed by atoms with E-state index >= 15 is 0 Å². The smallest absolute Gasteiger partial charge is 0.0743 e. The third-order valence-electron chi connectivity index (χ3n) is 2.62. The predicted octanol–water partition coefficient (Wildman–Crippen LogP) is 3.74. The number of benzene rings is 1. The Morgan fingerprint density at radius 1 is 1.47 bits per heavy atom. The van der Waals surface area contributed by atoms with Gasteiger partial charge in [0.15, 0.2) is 0 Å². The Labute approximate surface area is 117 Å². The molecule has 0 fully saturated rings. The molecule has 96 valence electrons. The van der Waals surface area contributed by atoms with E-state index in [9.17, 15) is 5.11 Å². The van der Waals surface area contributed by atoms with Crippen molar-refractivity contribution in [2.75, 3.05) is 6.54 Å². The molecule has 2 nitrogen and oxygen atoms in total. The molecule has 1 atom stereocenters. The molecule has 2 N–H and O–H groups in total. The Hall–Kier alpha value is -0.0900. The second kappa shape index (κ2) is 6.74. The number of hydrogen-bond donors (Lipinski definition) is 2. The SMILES string of the molecule is CCCC(C)(O)CNCc1ccc(Cl)cc1Br. The van der Waals surface area contributed by atoms with Crippen molar-refractivity contribution in [2.45, 2.75) is 38.8 Å². The minimum atomic E-state index is -0.631. The molecule has 17 heavy (non-hydrogen) atoms. The lowest BCUT2D eigenvalue weighted by molar-refractivity contribution is 0.0498. The molecule has 0 saturated heterocycles. The van der Waals surface area contributed by atoms with Crippen molar-refractivity contribution in [1.82, 2.24) is 5.32 Å². The lowest BCUT2D eigenvalue weighted by Crippen LogP contribution is -2.37. The molecule has 1 aromatic carbocycles. The van der Waals surface area contributed by atoms with Crippen molar-refractivity contribution in [3.63, 3.8) is 0 Å². The van der Waals surface area contributed by atoms with Crippen LogP contribution in [0, 0.1) is 0 Å². The first-order valence-corrected chi connectivity index (χ1v) is 6.99. The lowest BCUT2D eigenvalue weighted by atomic mass is 10.0. The van der Waals surface area contributed by atoms with E-state index in [1.165, 1.54) is 0 Å². The number of rotatable bonds is 6. The van der Waals surface area contributed by atoms with Crippen molar-refractivity contribution in [1.29, 1.82) is 0 Å². The summed E-state index contributed by atoms with van der Waals surface area (Å²) in [5.74, 6) is 0. The van der Waals surface area contributed by atoms with Crippen LogP contribution in [0.15, 0.2) is 22.7 Å². The minimum Gasteiger partial charge on any atom is -0.389 e. The molecule has 0 aliphatic rings. The molecule has 0 aliphatic carbocycles. The maximum Gasteiger partial charge on any atom is 0.0743 e. The zero-order valence-electron chi connectivity index (χ0n) is 10.3.